The van der Waals surface area contributed by atoms with Gasteiger partial charge in [-0.15, -0.1) is 0 Å². The summed E-state index contributed by atoms with van der Waals surface area (Å²) in [5.74, 6) is 0.383. The molecule has 1 saturated heterocycles. The first-order valence-corrected chi connectivity index (χ1v) is 9.18. The maximum Gasteiger partial charge on any atom is 0.293 e. The third kappa shape index (κ3) is 4.37. The number of carbonyl (C=O) groups excluding carboxylic acids is 2. The average molecular weight is 406 g/mol. The summed E-state index contributed by atoms with van der Waals surface area (Å²) in [5, 5.41) is 9.93. The van der Waals surface area contributed by atoms with E-state index in [9.17, 15) is 14.7 Å². The lowest BCUT2D eigenvalue weighted by Crippen LogP contribution is -2.32. The third-order valence-corrected chi connectivity index (χ3v) is 5.00. The van der Waals surface area contributed by atoms with Crippen LogP contribution in [0.5, 0.6) is 17.2 Å². The van der Waals surface area contributed by atoms with Gasteiger partial charge in [0.2, 0.25) is 0 Å². The van der Waals surface area contributed by atoms with Crippen molar-refractivity contribution < 1.29 is 24.2 Å². The Kier molecular flexibility index (Phi) is 5.93. The van der Waals surface area contributed by atoms with Crippen molar-refractivity contribution >= 4 is 40.6 Å². The molecule has 1 aliphatic heterocycles. The Bertz CT molecular complexity index is 915. The first kappa shape index (κ1) is 19.1. The van der Waals surface area contributed by atoms with E-state index in [0.717, 1.165) is 16.7 Å². The van der Waals surface area contributed by atoms with Gasteiger partial charge in [-0.25, -0.2) is 0 Å². The zero-order valence-electron chi connectivity index (χ0n) is 14.3. The van der Waals surface area contributed by atoms with Crippen molar-refractivity contribution in [3.05, 3.63) is 58.0 Å². The summed E-state index contributed by atoms with van der Waals surface area (Å²) in [5.41, 5.74) is 0.589. The van der Waals surface area contributed by atoms with Crippen LogP contribution >= 0.6 is 23.4 Å². The van der Waals surface area contributed by atoms with Crippen molar-refractivity contribution in [3.8, 4) is 17.2 Å². The molecule has 0 spiro atoms. The zero-order valence-corrected chi connectivity index (χ0v) is 15.9. The maximum atomic E-state index is 12.5. The molecule has 0 bridgehead atoms. The minimum atomic E-state index is -0.400. The fraction of sp³-hybridized carbons (Fsp3) is 0.158. The van der Waals surface area contributed by atoms with E-state index in [0.29, 0.717) is 22.1 Å². The Morgan fingerprint density at radius 1 is 1.19 bits per heavy atom. The van der Waals surface area contributed by atoms with Crippen molar-refractivity contribution in [2.24, 2.45) is 0 Å². The maximum absolute atomic E-state index is 12.5. The molecule has 3 rings (SSSR count). The quantitative estimate of drug-likeness (QED) is 0.727. The number of carbonyl (C=O) groups is 2. The van der Waals surface area contributed by atoms with Crippen LogP contribution in [-0.2, 0) is 4.79 Å². The van der Waals surface area contributed by atoms with Gasteiger partial charge in [0.15, 0.2) is 11.5 Å². The highest BCUT2D eigenvalue weighted by Gasteiger charge is 2.34. The number of methoxy groups -OCH3 is 1. The van der Waals surface area contributed by atoms with Gasteiger partial charge in [-0.3, -0.25) is 14.5 Å². The molecule has 140 valence electrons. The molecule has 0 aliphatic carbocycles. The molecular formula is C19H16ClNO5S. The Morgan fingerprint density at radius 3 is 2.67 bits per heavy atom. The second kappa shape index (κ2) is 8.37. The number of phenols is 1. The molecule has 2 aromatic carbocycles. The lowest BCUT2D eigenvalue weighted by molar-refractivity contribution is -0.123. The Morgan fingerprint density at radius 2 is 1.96 bits per heavy atom. The van der Waals surface area contributed by atoms with Crippen LogP contribution in [0.1, 0.15) is 5.56 Å². The monoisotopic (exact) mass is 405 g/mol. The van der Waals surface area contributed by atoms with Gasteiger partial charge in [0.25, 0.3) is 11.1 Å². The van der Waals surface area contributed by atoms with Crippen molar-refractivity contribution in [1.82, 2.24) is 4.90 Å². The lowest BCUT2D eigenvalue weighted by atomic mass is 10.2. The van der Waals surface area contributed by atoms with Gasteiger partial charge < -0.3 is 14.6 Å². The topological polar surface area (TPSA) is 76.1 Å². The predicted octanol–water partition coefficient (Wildman–Crippen LogP) is 4.17. The highest BCUT2D eigenvalue weighted by Crippen LogP contribution is 2.34. The number of aromatic hydroxyl groups is 1. The molecule has 2 amide bonds. The summed E-state index contributed by atoms with van der Waals surface area (Å²) in [6.07, 6.45) is 1.55. The van der Waals surface area contributed by atoms with E-state index in [4.69, 9.17) is 21.1 Å². The number of amides is 2. The minimum absolute atomic E-state index is 0.0429. The van der Waals surface area contributed by atoms with Crippen molar-refractivity contribution in [2.45, 2.75) is 0 Å². The minimum Gasteiger partial charge on any atom is -0.504 e. The summed E-state index contributed by atoms with van der Waals surface area (Å²) >= 11 is 6.86. The van der Waals surface area contributed by atoms with E-state index in [-0.39, 0.29) is 29.0 Å². The molecule has 1 heterocycles. The second-order valence-electron chi connectivity index (χ2n) is 5.54. The van der Waals surface area contributed by atoms with Gasteiger partial charge in [0.1, 0.15) is 12.4 Å². The van der Waals surface area contributed by atoms with E-state index in [1.165, 1.54) is 13.2 Å². The third-order valence-electron chi connectivity index (χ3n) is 3.78. The average Bonchev–Trinajstić information content (AvgIpc) is 2.91. The highest BCUT2D eigenvalue weighted by molar-refractivity contribution is 8.18. The van der Waals surface area contributed by atoms with Crippen LogP contribution in [0.2, 0.25) is 5.02 Å². The van der Waals surface area contributed by atoms with Crippen LogP contribution in [0.25, 0.3) is 6.08 Å². The number of halogens is 1. The Hall–Kier alpha value is -2.64. The van der Waals surface area contributed by atoms with E-state index >= 15 is 0 Å². The molecule has 1 aliphatic rings. The molecule has 8 heteroatoms. The normalized spacial score (nSPS) is 15.5. The number of para-hydroxylation sites is 1. The van der Waals surface area contributed by atoms with Crippen LogP contribution < -0.4 is 9.47 Å². The van der Waals surface area contributed by atoms with E-state index in [1.807, 2.05) is 0 Å². The number of phenolic OH excluding ortho intramolecular Hbond substituents is 1. The predicted molar refractivity (Wildman–Crippen MR) is 104 cm³/mol. The number of nitrogens with zero attached hydrogens (tertiary/aromatic N) is 1. The van der Waals surface area contributed by atoms with Gasteiger partial charge in [-0.2, -0.15) is 0 Å². The molecule has 0 unspecified atom stereocenters. The van der Waals surface area contributed by atoms with Crippen LogP contribution in [-0.4, -0.2) is 41.4 Å². The summed E-state index contributed by atoms with van der Waals surface area (Å²) < 4.78 is 10.5. The molecule has 0 atom stereocenters. The zero-order chi connectivity index (χ0) is 19.4. The van der Waals surface area contributed by atoms with Crippen LogP contribution in [0.3, 0.4) is 0 Å². The molecule has 2 aromatic rings. The number of ether oxygens (including phenoxy) is 2. The second-order valence-corrected chi connectivity index (χ2v) is 6.94. The van der Waals surface area contributed by atoms with Crippen molar-refractivity contribution in [2.75, 3.05) is 20.3 Å². The molecule has 0 radical (unpaired) electrons. The first-order chi connectivity index (χ1) is 13.0. The smallest absolute Gasteiger partial charge is 0.293 e. The molecule has 27 heavy (non-hydrogen) atoms. The lowest BCUT2D eigenvalue weighted by Gasteiger charge is -2.13. The van der Waals surface area contributed by atoms with Crippen LogP contribution in [0, 0.1) is 0 Å². The first-order valence-electron chi connectivity index (χ1n) is 7.99. The van der Waals surface area contributed by atoms with Gasteiger partial charge >= 0.3 is 0 Å². The molecule has 6 nitrogen and oxygen atoms in total. The number of hydrogen-bond acceptors (Lipinski definition) is 6. The van der Waals surface area contributed by atoms with Gasteiger partial charge in [-0.05, 0) is 47.7 Å². The van der Waals surface area contributed by atoms with Crippen LogP contribution in [0.4, 0.5) is 4.79 Å². The number of benzene rings is 2. The van der Waals surface area contributed by atoms with Gasteiger partial charge in [0.05, 0.1) is 23.6 Å². The number of imide groups is 1. The number of hydrogen-bond donors (Lipinski definition) is 1. The van der Waals surface area contributed by atoms with Crippen molar-refractivity contribution in [3.63, 3.8) is 0 Å². The highest BCUT2D eigenvalue weighted by atomic mass is 35.5. The van der Waals surface area contributed by atoms with E-state index < -0.39 is 5.91 Å². The SMILES string of the molecule is COc1ccc(/C=C2\SC(=O)N(CCOc3ccccc3Cl)C2=O)cc1O. The standard InChI is InChI=1S/C19H16ClNO5S/c1-25-16-7-6-12(10-14(16)22)11-17-18(23)21(19(24)27-17)8-9-26-15-5-3-2-4-13(15)20/h2-7,10-11,22H,8-9H2,1H3/b17-11-. The van der Waals surface area contributed by atoms with E-state index in [1.54, 1.807) is 42.5 Å². The molecule has 1 N–H and O–H groups in total. The summed E-state index contributed by atoms with van der Waals surface area (Å²) in [4.78, 5) is 26.0. The summed E-state index contributed by atoms with van der Waals surface area (Å²) in [6, 6.07) is 11.7. The molecule has 0 aromatic heterocycles. The summed E-state index contributed by atoms with van der Waals surface area (Å²) in [7, 11) is 1.45. The number of rotatable bonds is 6. The largest absolute Gasteiger partial charge is 0.504 e. The Balaban J connectivity index is 1.66. The number of thioether (sulfide) groups is 1. The van der Waals surface area contributed by atoms with Gasteiger partial charge in [0, 0.05) is 0 Å². The van der Waals surface area contributed by atoms with Gasteiger partial charge in [-0.1, -0.05) is 29.8 Å². The Labute approximate surface area is 165 Å². The molecule has 0 saturated carbocycles. The van der Waals surface area contributed by atoms with Crippen molar-refractivity contribution in [1.29, 1.82) is 0 Å². The molecule has 1 fully saturated rings. The fourth-order valence-corrected chi connectivity index (χ4v) is 3.50. The molecular weight excluding hydrogens is 390 g/mol. The van der Waals surface area contributed by atoms with Crippen LogP contribution in [0.15, 0.2) is 47.4 Å². The summed E-state index contributed by atoms with van der Waals surface area (Å²) in [6.45, 7) is 0.249. The van der Waals surface area contributed by atoms with E-state index in [2.05, 4.69) is 0 Å². The fourth-order valence-electron chi connectivity index (χ4n) is 2.45.